The highest BCUT2D eigenvalue weighted by molar-refractivity contribution is 6.05. The predicted molar refractivity (Wildman–Crippen MR) is 114 cm³/mol. The van der Waals surface area contributed by atoms with E-state index in [9.17, 15) is 19.2 Å². The molecule has 4 rings (SSSR count). The summed E-state index contributed by atoms with van der Waals surface area (Å²) in [7, 11) is 4.08. The average molecular weight is 454 g/mol. The van der Waals surface area contributed by atoms with Crippen molar-refractivity contribution in [1.82, 2.24) is 4.90 Å². The van der Waals surface area contributed by atoms with Crippen LogP contribution in [0.1, 0.15) is 45.3 Å². The topological polar surface area (TPSA) is 120 Å². The maximum atomic E-state index is 13.2. The fraction of sp³-hybridized carbons (Fsp3) is 0.304. The standard InChI is InChI=1S/C23H22N2O8/c1-30-16-10-8-13-18(19(16)31-2)23(29)33-21(13)25-15(9-11-17(25)26)20(27)24-14-7-5-4-6-12(14)22(28)32-3/h4-8,10,15,21H,9,11H2,1-3H3,(H,24,27)/t15-,21?/m0/s1. The Morgan fingerprint density at radius 1 is 1.06 bits per heavy atom. The predicted octanol–water partition coefficient (Wildman–Crippen LogP) is 2.29. The first-order valence-electron chi connectivity index (χ1n) is 10.2. The van der Waals surface area contributed by atoms with Gasteiger partial charge in [0.1, 0.15) is 11.6 Å². The summed E-state index contributed by atoms with van der Waals surface area (Å²) in [6.45, 7) is 0. The SMILES string of the molecule is COC(=O)c1ccccc1NC(=O)[C@@H]1CCC(=O)N1C1OC(=O)c2c1ccc(OC)c2OC. The van der Waals surface area contributed by atoms with E-state index in [4.69, 9.17) is 18.9 Å². The second-order valence-electron chi connectivity index (χ2n) is 7.40. The summed E-state index contributed by atoms with van der Waals surface area (Å²) >= 11 is 0. The molecule has 0 aromatic heterocycles. The number of para-hydroxylation sites is 1. The summed E-state index contributed by atoms with van der Waals surface area (Å²) in [5.41, 5.74) is 0.986. The number of nitrogens with zero attached hydrogens (tertiary/aromatic N) is 1. The van der Waals surface area contributed by atoms with Crippen molar-refractivity contribution in [2.45, 2.75) is 25.1 Å². The highest BCUT2D eigenvalue weighted by atomic mass is 16.6. The number of rotatable bonds is 6. The highest BCUT2D eigenvalue weighted by Gasteiger charge is 2.47. The molecule has 1 fully saturated rings. The molecular formula is C23H22N2O8. The molecule has 10 nitrogen and oxygen atoms in total. The number of carbonyl (C=O) groups excluding carboxylic acids is 4. The van der Waals surface area contributed by atoms with Crippen LogP contribution in [0.25, 0.3) is 0 Å². The fourth-order valence-corrected chi connectivity index (χ4v) is 4.14. The maximum absolute atomic E-state index is 13.2. The number of cyclic esters (lactones) is 1. The van der Waals surface area contributed by atoms with Crippen LogP contribution in [0.4, 0.5) is 5.69 Å². The molecule has 1 N–H and O–H groups in total. The van der Waals surface area contributed by atoms with Crippen LogP contribution in [-0.2, 0) is 19.1 Å². The third kappa shape index (κ3) is 3.73. The van der Waals surface area contributed by atoms with Gasteiger partial charge >= 0.3 is 11.9 Å². The molecule has 0 bridgehead atoms. The van der Waals surface area contributed by atoms with Crippen LogP contribution in [0.2, 0.25) is 0 Å². The van der Waals surface area contributed by atoms with Gasteiger partial charge in [-0.3, -0.25) is 14.5 Å². The lowest BCUT2D eigenvalue weighted by Gasteiger charge is -2.29. The molecule has 0 saturated carbocycles. The first kappa shape index (κ1) is 22.1. The Morgan fingerprint density at radius 3 is 2.52 bits per heavy atom. The molecule has 1 saturated heterocycles. The van der Waals surface area contributed by atoms with Crippen molar-refractivity contribution >= 4 is 29.4 Å². The van der Waals surface area contributed by atoms with Crippen LogP contribution in [0, 0.1) is 0 Å². The van der Waals surface area contributed by atoms with Crippen molar-refractivity contribution in [2.24, 2.45) is 0 Å². The Hall–Kier alpha value is -4.08. The zero-order valence-corrected chi connectivity index (χ0v) is 18.2. The number of esters is 2. The first-order chi connectivity index (χ1) is 15.9. The van der Waals surface area contributed by atoms with E-state index in [2.05, 4.69) is 5.32 Å². The number of nitrogens with one attached hydrogen (secondary N) is 1. The van der Waals surface area contributed by atoms with Gasteiger partial charge in [0.25, 0.3) is 0 Å². The fourth-order valence-electron chi connectivity index (χ4n) is 4.14. The van der Waals surface area contributed by atoms with Gasteiger partial charge in [0.15, 0.2) is 11.5 Å². The van der Waals surface area contributed by atoms with Gasteiger partial charge in [0.05, 0.1) is 32.6 Å². The Balaban J connectivity index is 1.65. The van der Waals surface area contributed by atoms with Crippen molar-refractivity contribution in [1.29, 1.82) is 0 Å². The highest BCUT2D eigenvalue weighted by Crippen LogP contribution is 2.45. The molecule has 10 heteroatoms. The number of ether oxygens (including phenoxy) is 4. The van der Waals surface area contributed by atoms with Gasteiger partial charge in [0.2, 0.25) is 18.0 Å². The van der Waals surface area contributed by atoms with Crippen molar-refractivity contribution in [2.75, 3.05) is 26.6 Å². The molecule has 0 spiro atoms. The Morgan fingerprint density at radius 2 is 1.82 bits per heavy atom. The van der Waals surface area contributed by atoms with Crippen LogP contribution in [0.3, 0.4) is 0 Å². The molecule has 2 amide bonds. The normalized spacial score (nSPS) is 19.1. The summed E-state index contributed by atoms with van der Waals surface area (Å²) in [6.07, 6.45) is -0.760. The minimum absolute atomic E-state index is 0.105. The van der Waals surface area contributed by atoms with E-state index in [0.717, 1.165) is 0 Å². The summed E-state index contributed by atoms with van der Waals surface area (Å²) in [4.78, 5) is 51.9. The largest absolute Gasteiger partial charge is 0.493 e. The number of carbonyl (C=O) groups is 4. The molecule has 2 aliphatic heterocycles. The van der Waals surface area contributed by atoms with Gasteiger partial charge in [-0.05, 0) is 30.7 Å². The van der Waals surface area contributed by atoms with Gasteiger partial charge in [0, 0.05) is 12.0 Å². The summed E-state index contributed by atoms with van der Waals surface area (Å²) in [6, 6.07) is 8.69. The number of likely N-dealkylation sites (tertiary alicyclic amines) is 1. The average Bonchev–Trinajstić information content (AvgIpc) is 3.37. The molecule has 1 unspecified atom stereocenters. The minimum atomic E-state index is -1.09. The van der Waals surface area contributed by atoms with Crippen LogP contribution in [-0.4, -0.2) is 56.0 Å². The molecule has 33 heavy (non-hydrogen) atoms. The molecule has 0 radical (unpaired) electrons. The monoisotopic (exact) mass is 454 g/mol. The lowest BCUT2D eigenvalue weighted by Crippen LogP contribution is -2.44. The molecular weight excluding hydrogens is 432 g/mol. The van der Waals surface area contributed by atoms with E-state index >= 15 is 0 Å². The number of hydrogen-bond acceptors (Lipinski definition) is 8. The third-order valence-electron chi connectivity index (χ3n) is 5.67. The summed E-state index contributed by atoms with van der Waals surface area (Å²) in [5, 5.41) is 2.70. The third-order valence-corrected chi connectivity index (χ3v) is 5.67. The second-order valence-corrected chi connectivity index (χ2v) is 7.40. The van der Waals surface area contributed by atoms with Crippen LogP contribution in [0.5, 0.6) is 11.5 Å². The van der Waals surface area contributed by atoms with Gasteiger partial charge in [-0.25, -0.2) is 9.59 Å². The number of fused-ring (bicyclic) bond motifs is 1. The van der Waals surface area contributed by atoms with Crippen molar-refractivity contribution in [3.63, 3.8) is 0 Å². The van der Waals surface area contributed by atoms with E-state index in [1.54, 1.807) is 30.3 Å². The lowest BCUT2D eigenvalue weighted by atomic mass is 10.0. The zero-order chi connectivity index (χ0) is 23.7. The first-order valence-corrected chi connectivity index (χ1v) is 10.2. The van der Waals surface area contributed by atoms with E-state index in [1.807, 2.05) is 0 Å². The summed E-state index contributed by atoms with van der Waals surface area (Å²) < 4.78 is 20.9. The summed E-state index contributed by atoms with van der Waals surface area (Å²) in [5.74, 6) is -1.60. The van der Waals surface area contributed by atoms with Gasteiger partial charge in [-0.15, -0.1) is 0 Å². The number of anilines is 1. The van der Waals surface area contributed by atoms with Gasteiger partial charge < -0.3 is 24.3 Å². The molecule has 172 valence electrons. The Labute approximate surface area is 189 Å². The lowest BCUT2D eigenvalue weighted by molar-refractivity contribution is -0.144. The second kappa shape index (κ2) is 8.81. The molecule has 2 heterocycles. The molecule has 0 aliphatic carbocycles. The Kier molecular flexibility index (Phi) is 5.91. The van der Waals surface area contributed by atoms with E-state index in [-0.39, 0.29) is 41.3 Å². The van der Waals surface area contributed by atoms with Gasteiger partial charge in [-0.1, -0.05) is 12.1 Å². The quantitative estimate of drug-likeness (QED) is 0.660. The van der Waals surface area contributed by atoms with Crippen molar-refractivity contribution < 1.29 is 38.1 Å². The minimum Gasteiger partial charge on any atom is -0.493 e. The van der Waals surface area contributed by atoms with E-state index < -0.39 is 30.1 Å². The van der Waals surface area contributed by atoms with E-state index in [1.165, 1.54) is 32.3 Å². The van der Waals surface area contributed by atoms with E-state index in [0.29, 0.717) is 11.3 Å². The van der Waals surface area contributed by atoms with Crippen molar-refractivity contribution in [3.05, 3.63) is 53.1 Å². The van der Waals surface area contributed by atoms with Gasteiger partial charge in [-0.2, -0.15) is 0 Å². The molecule has 2 aliphatic rings. The van der Waals surface area contributed by atoms with Crippen molar-refractivity contribution in [3.8, 4) is 11.5 Å². The Bertz CT molecular complexity index is 1150. The van der Waals surface area contributed by atoms with Crippen LogP contribution >= 0.6 is 0 Å². The number of benzene rings is 2. The zero-order valence-electron chi connectivity index (χ0n) is 18.2. The molecule has 2 aromatic carbocycles. The number of methoxy groups -OCH3 is 3. The van der Waals surface area contributed by atoms with Crippen LogP contribution in [0.15, 0.2) is 36.4 Å². The molecule has 2 atom stereocenters. The number of hydrogen-bond donors (Lipinski definition) is 1. The number of amides is 2. The van der Waals surface area contributed by atoms with Crippen LogP contribution < -0.4 is 14.8 Å². The molecule has 2 aromatic rings. The maximum Gasteiger partial charge on any atom is 0.344 e. The smallest absolute Gasteiger partial charge is 0.344 e.